The molecule has 3 nitrogen and oxygen atoms in total. The Hall–Kier alpha value is -1.30. The van der Waals surface area contributed by atoms with Crippen molar-refractivity contribution in [2.45, 2.75) is 25.1 Å². The first-order valence-electron chi connectivity index (χ1n) is 5.82. The van der Waals surface area contributed by atoms with Crippen LogP contribution in [0.25, 0.3) is 0 Å². The van der Waals surface area contributed by atoms with Crippen molar-refractivity contribution < 1.29 is 17.9 Å². The monoisotopic (exact) mass is 260 g/mol. The van der Waals surface area contributed by atoms with Crippen molar-refractivity contribution in [1.29, 1.82) is 0 Å². The quantitative estimate of drug-likeness (QED) is 0.835. The summed E-state index contributed by atoms with van der Waals surface area (Å²) in [6.07, 6.45) is -0.149. The van der Waals surface area contributed by atoms with E-state index in [4.69, 9.17) is 4.74 Å². The summed E-state index contributed by atoms with van der Waals surface area (Å²) in [4.78, 5) is 5.71. The summed E-state index contributed by atoms with van der Waals surface area (Å²) in [6, 6.07) is 1.27. The highest BCUT2D eigenvalue weighted by Crippen LogP contribution is 2.30. The number of rotatable bonds is 3. The van der Waals surface area contributed by atoms with Crippen molar-refractivity contribution in [2.24, 2.45) is 0 Å². The van der Waals surface area contributed by atoms with Crippen LogP contribution >= 0.6 is 0 Å². The van der Waals surface area contributed by atoms with Crippen LogP contribution in [0.1, 0.15) is 18.4 Å². The van der Waals surface area contributed by atoms with Gasteiger partial charge in [-0.05, 0) is 32.5 Å². The Balaban J connectivity index is 1.97. The molecule has 1 saturated heterocycles. The Labute approximate surface area is 104 Å². The van der Waals surface area contributed by atoms with Crippen LogP contribution in [0.15, 0.2) is 18.5 Å². The van der Waals surface area contributed by atoms with E-state index >= 15 is 0 Å². The Morgan fingerprint density at radius 2 is 2.22 bits per heavy atom. The fourth-order valence-corrected chi connectivity index (χ4v) is 2.04. The number of likely N-dealkylation sites (N-methyl/N-ethyl adjacent to an activating group) is 1. The lowest BCUT2D eigenvalue weighted by molar-refractivity contribution is -0.137. The molecular weight excluding hydrogens is 245 g/mol. The molecule has 1 aromatic heterocycles. The molecule has 1 fully saturated rings. The number of hydrogen-bond acceptors (Lipinski definition) is 3. The van der Waals surface area contributed by atoms with Crippen LogP contribution < -0.4 is 4.74 Å². The minimum absolute atomic E-state index is 0.171. The molecule has 0 radical (unpaired) electrons. The molecule has 0 saturated carbocycles. The summed E-state index contributed by atoms with van der Waals surface area (Å²) in [5.74, 6) is 0.171. The van der Waals surface area contributed by atoms with Crippen molar-refractivity contribution in [3.8, 4) is 5.75 Å². The maximum Gasteiger partial charge on any atom is 0.418 e. The fraction of sp³-hybridized carbons (Fsp3) is 0.583. The third-order valence-electron chi connectivity index (χ3n) is 3.15. The van der Waals surface area contributed by atoms with Crippen LogP contribution in [0.2, 0.25) is 0 Å². The second-order valence-corrected chi connectivity index (χ2v) is 4.49. The minimum atomic E-state index is -4.38. The molecular formula is C12H15F3N2O. The van der Waals surface area contributed by atoms with E-state index in [9.17, 15) is 13.2 Å². The largest absolute Gasteiger partial charge is 0.490 e. The third kappa shape index (κ3) is 3.13. The number of likely N-dealkylation sites (tertiary alicyclic amines) is 1. The molecule has 2 heterocycles. The zero-order valence-electron chi connectivity index (χ0n) is 10.1. The Morgan fingerprint density at radius 3 is 2.83 bits per heavy atom. The van der Waals surface area contributed by atoms with Gasteiger partial charge in [0.2, 0.25) is 0 Å². The summed E-state index contributed by atoms with van der Waals surface area (Å²) < 4.78 is 42.8. The highest BCUT2D eigenvalue weighted by atomic mass is 19.4. The first kappa shape index (κ1) is 13.1. The van der Waals surface area contributed by atoms with Crippen LogP contribution in [0.3, 0.4) is 0 Å². The van der Waals surface area contributed by atoms with Crippen molar-refractivity contribution in [3.63, 3.8) is 0 Å². The van der Waals surface area contributed by atoms with Gasteiger partial charge >= 0.3 is 6.18 Å². The summed E-state index contributed by atoms with van der Waals surface area (Å²) in [6.45, 7) is 1.41. The smallest absolute Gasteiger partial charge is 0.418 e. The first-order valence-corrected chi connectivity index (χ1v) is 5.82. The molecule has 2 rings (SSSR count). The molecule has 0 aromatic carbocycles. The fourth-order valence-electron chi connectivity index (χ4n) is 2.04. The highest BCUT2D eigenvalue weighted by Gasteiger charge is 2.31. The maximum atomic E-state index is 12.5. The lowest BCUT2D eigenvalue weighted by atomic mass is 10.2. The molecule has 18 heavy (non-hydrogen) atoms. The molecule has 1 aromatic rings. The van der Waals surface area contributed by atoms with Crippen LogP contribution in [0.4, 0.5) is 13.2 Å². The lowest BCUT2D eigenvalue weighted by Crippen LogP contribution is -2.30. The Bertz CT molecular complexity index is 409. The van der Waals surface area contributed by atoms with E-state index < -0.39 is 11.7 Å². The summed E-state index contributed by atoms with van der Waals surface area (Å²) in [7, 11) is 1.99. The van der Waals surface area contributed by atoms with Gasteiger partial charge in [-0.3, -0.25) is 4.98 Å². The second-order valence-electron chi connectivity index (χ2n) is 4.49. The van der Waals surface area contributed by atoms with Gasteiger partial charge in [0.1, 0.15) is 12.4 Å². The van der Waals surface area contributed by atoms with Crippen LogP contribution in [0.5, 0.6) is 5.75 Å². The zero-order valence-corrected chi connectivity index (χ0v) is 10.1. The van der Waals surface area contributed by atoms with E-state index in [1.807, 2.05) is 7.05 Å². The molecule has 0 N–H and O–H groups in total. The van der Waals surface area contributed by atoms with Gasteiger partial charge < -0.3 is 9.64 Å². The third-order valence-corrected chi connectivity index (χ3v) is 3.15. The van der Waals surface area contributed by atoms with Gasteiger partial charge in [-0.25, -0.2) is 0 Å². The lowest BCUT2D eigenvalue weighted by Gasteiger charge is -2.19. The van der Waals surface area contributed by atoms with E-state index in [0.717, 1.165) is 31.6 Å². The Morgan fingerprint density at radius 1 is 1.44 bits per heavy atom. The van der Waals surface area contributed by atoms with E-state index in [1.165, 1.54) is 6.20 Å². The van der Waals surface area contributed by atoms with Gasteiger partial charge in [0.05, 0.1) is 11.8 Å². The van der Waals surface area contributed by atoms with Gasteiger partial charge in [-0.15, -0.1) is 0 Å². The van der Waals surface area contributed by atoms with Gasteiger partial charge in [0.15, 0.2) is 0 Å². The highest BCUT2D eigenvalue weighted by molar-refractivity contribution is 5.25. The number of ether oxygens (including phenoxy) is 1. The summed E-state index contributed by atoms with van der Waals surface area (Å²) >= 11 is 0. The van der Waals surface area contributed by atoms with E-state index in [1.54, 1.807) is 0 Å². The number of hydrogen-bond donors (Lipinski definition) is 0. The molecule has 6 heteroatoms. The molecule has 0 amide bonds. The summed E-state index contributed by atoms with van der Waals surface area (Å²) in [5.41, 5.74) is -0.778. The summed E-state index contributed by atoms with van der Waals surface area (Å²) in [5, 5.41) is 0. The average molecular weight is 260 g/mol. The maximum absolute atomic E-state index is 12.5. The number of aromatic nitrogens is 1. The van der Waals surface area contributed by atoms with E-state index in [0.29, 0.717) is 6.61 Å². The topological polar surface area (TPSA) is 25.4 Å². The molecule has 0 spiro atoms. The minimum Gasteiger partial charge on any atom is -0.490 e. The number of alkyl halides is 3. The second kappa shape index (κ2) is 5.14. The predicted molar refractivity (Wildman–Crippen MR) is 60.4 cm³/mol. The SMILES string of the molecule is CN1CCC[C@H]1COc1cncc(C(F)(F)F)c1. The van der Waals surface area contributed by atoms with Crippen LogP contribution in [-0.4, -0.2) is 36.1 Å². The molecule has 0 bridgehead atoms. The number of pyridine rings is 1. The molecule has 1 atom stereocenters. The molecule has 0 unspecified atom stereocenters. The van der Waals surface area contributed by atoms with Crippen LogP contribution in [0, 0.1) is 0 Å². The predicted octanol–water partition coefficient (Wildman–Crippen LogP) is 2.57. The first-order chi connectivity index (χ1) is 8.47. The van der Waals surface area contributed by atoms with Gasteiger partial charge in [0.25, 0.3) is 0 Å². The normalized spacial score (nSPS) is 21.2. The van der Waals surface area contributed by atoms with Gasteiger partial charge in [-0.2, -0.15) is 13.2 Å². The molecule has 100 valence electrons. The van der Waals surface area contributed by atoms with Gasteiger partial charge in [0, 0.05) is 12.2 Å². The Kier molecular flexibility index (Phi) is 3.75. The average Bonchev–Trinajstić information content (AvgIpc) is 2.72. The van der Waals surface area contributed by atoms with Gasteiger partial charge in [-0.1, -0.05) is 0 Å². The van der Waals surface area contributed by atoms with E-state index in [-0.39, 0.29) is 11.8 Å². The van der Waals surface area contributed by atoms with E-state index in [2.05, 4.69) is 9.88 Å². The van der Waals surface area contributed by atoms with Crippen molar-refractivity contribution >= 4 is 0 Å². The molecule has 0 aliphatic carbocycles. The van der Waals surface area contributed by atoms with Crippen LogP contribution in [-0.2, 0) is 6.18 Å². The molecule has 1 aliphatic rings. The number of halogens is 3. The van der Waals surface area contributed by atoms with Crippen molar-refractivity contribution in [3.05, 3.63) is 24.0 Å². The number of nitrogens with zero attached hydrogens (tertiary/aromatic N) is 2. The van der Waals surface area contributed by atoms with Crippen molar-refractivity contribution in [2.75, 3.05) is 20.2 Å². The standard InChI is InChI=1S/C12H15F3N2O/c1-17-4-2-3-10(17)8-18-11-5-9(6-16-7-11)12(13,14)15/h5-7,10H,2-4,8H2,1H3/t10-/m0/s1. The van der Waals surface area contributed by atoms with Crippen molar-refractivity contribution in [1.82, 2.24) is 9.88 Å². The molecule has 1 aliphatic heterocycles. The zero-order chi connectivity index (χ0) is 13.2.